The normalized spacial score (nSPS) is 16.8. The maximum atomic E-state index is 12.7. The van der Waals surface area contributed by atoms with E-state index in [4.69, 9.17) is 4.74 Å². The van der Waals surface area contributed by atoms with Crippen molar-refractivity contribution in [1.82, 2.24) is 4.31 Å². The van der Waals surface area contributed by atoms with E-state index in [-0.39, 0.29) is 23.5 Å². The third-order valence-corrected chi connectivity index (χ3v) is 5.88. The second kappa shape index (κ2) is 7.79. The predicted molar refractivity (Wildman–Crippen MR) is 89.0 cm³/mol. The number of esters is 1. The molecule has 2 rings (SSSR count). The van der Waals surface area contributed by atoms with Crippen LogP contribution >= 0.6 is 0 Å². The van der Waals surface area contributed by atoms with E-state index >= 15 is 0 Å². The zero-order chi connectivity index (χ0) is 17.7. The maximum Gasteiger partial charge on any atom is 0.330 e. The van der Waals surface area contributed by atoms with Crippen LogP contribution in [-0.4, -0.2) is 37.2 Å². The van der Waals surface area contributed by atoms with E-state index < -0.39 is 27.9 Å². The summed E-state index contributed by atoms with van der Waals surface area (Å²) < 4.78 is 31.2. The number of hydrogen-bond donors (Lipinski definition) is 0. The van der Waals surface area contributed by atoms with Gasteiger partial charge in [-0.2, -0.15) is 0 Å². The van der Waals surface area contributed by atoms with Crippen LogP contribution in [-0.2, 0) is 19.6 Å². The molecule has 7 heteroatoms. The Kier molecular flexibility index (Phi) is 5.99. The first-order chi connectivity index (χ1) is 11.4. The van der Waals surface area contributed by atoms with Gasteiger partial charge in [0.15, 0.2) is 0 Å². The number of hydrogen-bond acceptors (Lipinski definition) is 5. The van der Waals surface area contributed by atoms with Crippen molar-refractivity contribution in [3.05, 3.63) is 29.8 Å². The third-order valence-electron chi connectivity index (χ3n) is 4.03. The molecular formula is C17H23NO5S. The number of carbonyl (C=O) groups is 2. The van der Waals surface area contributed by atoms with Gasteiger partial charge in [0.2, 0.25) is 0 Å². The van der Waals surface area contributed by atoms with Gasteiger partial charge in [0, 0.05) is 0 Å². The fourth-order valence-corrected chi connectivity index (χ4v) is 4.58. The van der Waals surface area contributed by atoms with Gasteiger partial charge in [0.05, 0.1) is 12.2 Å². The molecule has 6 nitrogen and oxygen atoms in total. The highest BCUT2D eigenvalue weighted by molar-refractivity contribution is 7.90. The Labute approximate surface area is 142 Å². The molecule has 0 aliphatic carbocycles. The molecule has 0 bridgehead atoms. The second-order valence-corrected chi connectivity index (χ2v) is 7.50. The average molecular weight is 353 g/mol. The average Bonchev–Trinajstić information content (AvgIpc) is 2.76. The summed E-state index contributed by atoms with van der Waals surface area (Å²) in [5, 5.41) is 0. The first-order valence-corrected chi connectivity index (χ1v) is 9.73. The quantitative estimate of drug-likeness (QED) is 0.530. The number of amides is 1. The van der Waals surface area contributed by atoms with E-state index in [0.29, 0.717) is 10.7 Å². The molecule has 1 aliphatic rings. The van der Waals surface area contributed by atoms with E-state index in [9.17, 15) is 18.0 Å². The van der Waals surface area contributed by atoms with Crippen LogP contribution in [0.3, 0.4) is 0 Å². The molecule has 1 aliphatic heterocycles. The van der Waals surface area contributed by atoms with Gasteiger partial charge in [-0.3, -0.25) is 4.79 Å². The van der Waals surface area contributed by atoms with Crippen LogP contribution in [0.4, 0.5) is 0 Å². The zero-order valence-corrected chi connectivity index (χ0v) is 14.8. The minimum absolute atomic E-state index is 0.0437. The van der Waals surface area contributed by atoms with Crippen molar-refractivity contribution >= 4 is 21.9 Å². The molecular weight excluding hydrogens is 330 g/mol. The molecule has 24 heavy (non-hydrogen) atoms. The number of fused-ring (bicyclic) bond motifs is 1. The van der Waals surface area contributed by atoms with Crippen LogP contribution in [0.25, 0.3) is 0 Å². The number of unbranched alkanes of at least 4 members (excludes halogenated alkanes) is 3. The summed E-state index contributed by atoms with van der Waals surface area (Å²) in [5.41, 5.74) is 0.111. The molecule has 1 atom stereocenters. The zero-order valence-electron chi connectivity index (χ0n) is 14.0. The number of carbonyl (C=O) groups excluding carboxylic acids is 2. The largest absolute Gasteiger partial charge is 0.464 e. The Morgan fingerprint density at radius 3 is 2.50 bits per heavy atom. The van der Waals surface area contributed by atoms with Crippen molar-refractivity contribution in [1.29, 1.82) is 0 Å². The molecule has 0 unspecified atom stereocenters. The Bertz CT molecular complexity index is 713. The number of rotatable bonds is 8. The van der Waals surface area contributed by atoms with Crippen molar-refractivity contribution in [2.24, 2.45) is 0 Å². The lowest BCUT2D eigenvalue weighted by molar-refractivity contribution is -0.147. The van der Waals surface area contributed by atoms with Gasteiger partial charge in [-0.05, 0) is 25.5 Å². The van der Waals surface area contributed by atoms with Crippen molar-refractivity contribution in [2.75, 3.05) is 6.61 Å². The lowest BCUT2D eigenvalue weighted by atomic mass is 10.1. The molecule has 1 aromatic carbocycles. The van der Waals surface area contributed by atoms with Crippen molar-refractivity contribution in [3.63, 3.8) is 0 Å². The van der Waals surface area contributed by atoms with Crippen LogP contribution in [0.5, 0.6) is 0 Å². The molecule has 0 saturated heterocycles. The van der Waals surface area contributed by atoms with Crippen LogP contribution in [0.1, 0.15) is 56.3 Å². The van der Waals surface area contributed by atoms with Crippen LogP contribution in [0, 0.1) is 0 Å². The maximum absolute atomic E-state index is 12.7. The molecule has 0 spiro atoms. The molecule has 0 aromatic heterocycles. The molecule has 132 valence electrons. The highest BCUT2D eigenvalue weighted by Gasteiger charge is 2.47. The van der Waals surface area contributed by atoms with E-state index in [0.717, 1.165) is 19.3 Å². The molecule has 0 saturated carbocycles. The van der Waals surface area contributed by atoms with Crippen molar-refractivity contribution in [2.45, 2.75) is 56.9 Å². The Balaban J connectivity index is 2.32. The standard InChI is InChI=1S/C17H23NO5S/c1-3-5-6-7-11-14(17(20)23-4-2)18-16(19)13-10-8-9-12-15(13)24(18,21)22/h8-10,12,14H,3-7,11H2,1-2H3/t14-/m0/s1. The molecule has 1 amide bonds. The van der Waals surface area contributed by atoms with Gasteiger partial charge in [-0.25, -0.2) is 17.5 Å². The summed E-state index contributed by atoms with van der Waals surface area (Å²) in [4.78, 5) is 24.8. The Morgan fingerprint density at radius 1 is 1.17 bits per heavy atom. The molecule has 1 aromatic rings. The summed E-state index contributed by atoms with van der Waals surface area (Å²) in [7, 11) is -4.02. The van der Waals surface area contributed by atoms with Crippen LogP contribution < -0.4 is 0 Å². The first-order valence-electron chi connectivity index (χ1n) is 8.29. The van der Waals surface area contributed by atoms with Gasteiger partial charge in [0.25, 0.3) is 15.9 Å². The monoisotopic (exact) mass is 353 g/mol. The van der Waals surface area contributed by atoms with Crippen LogP contribution in [0.2, 0.25) is 0 Å². The molecule has 1 heterocycles. The van der Waals surface area contributed by atoms with E-state index in [1.165, 1.54) is 12.1 Å². The van der Waals surface area contributed by atoms with Gasteiger partial charge >= 0.3 is 5.97 Å². The lowest BCUT2D eigenvalue weighted by Crippen LogP contribution is -2.45. The summed E-state index contributed by atoms with van der Waals surface area (Å²) >= 11 is 0. The third kappa shape index (κ3) is 3.45. The van der Waals surface area contributed by atoms with E-state index in [2.05, 4.69) is 6.92 Å². The smallest absolute Gasteiger partial charge is 0.330 e. The SMILES string of the molecule is CCCCCC[C@@H](C(=O)OCC)N1C(=O)c2ccccc2S1(=O)=O. The summed E-state index contributed by atoms with van der Waals surface area (Å²) in [5.74, 6) is -1.32. The summed E-state index contributed by atoms with van der Waals surface area (Å²) in [6.07, 6.45) is 3.83. The fourth-order valence-electron chi connectivity index (χ4n) is 2.84. The highest BCUT2D eigenvalue weighted by atomic mass is 32.2. The van der Waals surface area contributed by atoms with Crippen LogP contribution in [0.15, 0.2) is 29.2 Å². The summed E-state index contributed by atoms with van der Waals surface area (Å²) in [6, 6.07) is 4.92. The number of sulfonamides is 1. The topological polar surface area (TPSA) is 80.8 Å². The number of benzene rings is 1. The minimum atomic E-state index is -4.02. The Morgan fingerprint density at radius 2 is 1.88 bits per heavy atom. The Hall–Kier alpha value is -1.89. The lowest BCUT2D eigenvalue weighted by Gasteiger charge is -2.24. The van der Waals surface area contributed by atoms with Gasteiger partial charge in [-0.15, -0.1) is 0 Å². The van der Waals surface area contributed by atoms with Gasteiger partial charge in [-0.1, -0.05) is 44.7 Å². The van der Waals surface area contributed by atoms with Gasteiger partial charge in [0.1, 0.15) is 10.9 Å². The van der Waals surface area contributed by atoms with Crippen molar-refractivity contribution in [3.8, 4) is 0 Å². The molecule has 0 fully saturated rings. The molecule has 0 radical (unpaired) electrons. The number of ether oxygens (including phenoxy) is 1. The predicted octanol–water partition coefficient (Wildman–Crippen LogP) is 2.73. The van der Waals surface area contributed by atoms with E-state index in [1.807, 2.05) is 0 Å². The van der Waals surface area contributed by atoms with Gasteiger partial charge < -0.3 is 4.74 Å². The van der Waals surface area contributed by atoms with E-state index in [1.54, 1.807) is 19.1 Å². The number of nitrogens with zero attached hydrogens (tertiary/aromatic N) is 1. The molecule has 0 N–H and O–H groups in total. The highest BCUT2D eigenvalue weighted by Crippen LogP contribution is 2.33. The summed E-state index contributed by atoms with van der Waals surface area (Å²) in [6.45, 7) is 3.86. The van der Waals surface area contributed by atoms with Crippen molar-refractivity contribution < 1.29 is 22.7 Å². The fraction of sp³-hybridized carbons (Fsp3) is 0.529. The first kappa shape index (κ1) is 18.4. The minimum Gasteiger partial charge on any atom is -0.464 e. The second-order valence-electron chi connectivity index (χ2n) is 5.72.